The fraction of sp³-hybridized carbons (Fsp3) is 0.619. The summed E-state index contributed by atoms with van der Waals surface area (Å²) >= 11 is 0. The van der Waals surface area contributed by atoms with Gasteiger partial charge in [0.15, 0.2) is 0 Å². The molecule has 26 heavy (non-hydrogen) atoms. The number of amides is 2. The first kappa shape index (κ1) is 18.7. The molecule has 1 aromatic carbocycles. The number of carbonyl (C=O) groups excluding carboxylic acids is 2. The molecular formula is C21H31N3O2. The molecule has 5 nitrogen and oxygen atoms in total. The maximum atomic E-state index is 13.1. The van der Waals surface area contributed by atoms with Crippen LogP contribution in [0.4, 0.5) is 5.69 Å². The number of fused-ring (bicyclic) bond motifs is 1. The average molecular weight is 357 g/mol. The lowest BCUT2D eigenvalue weighted by Gasteiger charge is -2.41. The number of primary amides is 1. The van der Waals surface area contributed by atoms with Crippen molar-refractivity contribution in [3.63, 3.8) is 0 Å². The summed E-state index contributed by atoms with van der Waals surface area (Å²) in [6.07, 6.45) is 6.63. The zero-order valence-corrected chi connectivity index (χ0v) is 16.0. The Morgan fingerprint density at radius 2 is 1.88 bits per heavy atom. The molecule has 1 aromatic rings. The predicted octanol–water partition coefficient (Wildman–Crippen LogP) is 3.04. The van der Waals surface area contributed by atoms with Gasteiger partial charge in [-0.05, 0) is 44.7 Å². The molecule has 3 rings (SSSR count). The number of rotatable bonds is 5. The monoisotopic (exact) mass is 357 g/mol. The van der Waals surface area contributed by atoms with E-state index in [1.54, 1.807) is 0 Å². The van der Waals surface area contributed by atoms with Crippen molar-refractivity contribution in [2.75, 3.05) is 18.0 Å². The molecule has 2 atom stereocenters. The number of nitrogens with two attached hydrogens (primary N) is 1. The lowest BCUT2D eigenvalue weighted by Crippen LogP contribution is -2.50. The highest BCUT2D eigenvalue weighted by atomic mass is 16.2. The van der Waals surface area contributed by atoms with Gasteiger partial charge in [-0.1, -0.05) is 37.5 Å². The Balaban J connectivity index is 1.80. The third kappa shape index (κ3) is 3.71. The van der Waals surface area contributed by atoms with E-state index in [0.717, 1.165) is 30.6 Å². The first-order valence-electron chi connectivity index (χ1n) is 9.97. The SMILES string of the molecule is CCN(C(=O)CN1c2ccccc2[C@H](C(N)=O)C[C@@H]1C)C1CCCCC1. The number of nitrogens with zero attached hydrogens (tertiary/aromatic N) is 2. The van der Waals surface area contributed by atoms with E-state index in [9.17, 15) is 9.59 Å². The fourth-order valence-corrected chi connectivity index (χ4v) is 4.65. The lowest BCUT2D eigenvalue weighted by molar-refractivity contribution is -0.132. The van der Waals surface area contributed by atoms with E-state index in [-0.39, 0.29) is 23.8 Å². The van der Waals surface area contributed by atoms with Crippen LogP contribution in [-0.4, -0.2) is 41.9 Å². The predicted molar refractivity (Wildman–Crippen MR) is 104 cm³/mol. The molecule has 1 saturated carbocycles. The van der Waals surface area contributed by atoms with Crippen molar-refractivity contribution in [1.82, 2.24) is 4.90 Å². The van der Waals surface area contributed by atoms with E-state index >= 15 is 0 Å². The highest BCUT2D eigenvalue weighted by molar-refractivity contribution is 5.87. The van der Waals surface area contributed by atoms with Gasteiger partial charge in [0.25, 0.3) is 0 Å². The third-order valence-electron chi connectivity index (χ3n) is 6.06. The maximum Gasteiger partial charge on any atom is 0.242 e. The largest absolute Gasteiger partial charge is 0.369 e. The molecule has 1 heterocycles. The normalized spacial score (nSPS) is 23.4. The molecule has 142 valence electrons. The van der Waals surface area contributed by atoms with Crippen molar-refractivity contribution in [3.8, 4) is 0 Å². The van der Waals surface area contributed by atoms with Crippen LogP contribution < -0.4 is 10.6 Å². The summed E-state index contributed by atoms with van der Waals surface area (Å²) in [5.41, 5.74) is 7.55. The number of hydrogen-bond acceptors (Lipinski definition) is 3. The third-order valence-corrected chi connectivity index (χ3v) is 6.06. The summed E-state index contributed by atoms with van der Waals surface area (Å²) < 4.78 is 0. The fourth-order valence-electron chi connectivity index (χ4n) is 4.65. The van der Waals surface area contributed by atoms with Gasteiger partial charge in [-0.2, -0.15) is 0 Å². The van der Waals surface area contributed by atoms with Gasteiger partial charge in [-0.15, -0.1) is 0 Å². The minimum atomic E-state index is -0.285. The van der Waals surface area contributed by atoms with Crippen molar-refractivity contribution in [3.05, 3.63) is 29.8 Å². The molecule has 0 bridgehead atoms. The van der Waals surface area contributed by atoms with Crippen LogP contribution >= 0.6 is 0 Å². The summed E-state index contributed by atoms with van der Waals surface area (Å²) in [4.78, 5) is 29.2. The molecule has 1 fully saturated rings. The number of para-hydroxylation sites is 1. The molecular weight excluding hydrogens is 326 g/mol. The topological polar surface area (TPSA) is 66.6 Å². The molecule has 0 radical (unpaired) electrons. The van der Waals surface area contributed by atoms with Crippen molar-refractivity contribution in [2.45, 2.75) is 70.4 Å². The van der Waals surface area contributed by atoms with Crippen LogP contribution in [0.5, 0.6) is 0 Å². The minimum Gasteiger partial charge on any atom is -0.369 e. The number of anilines is 1. The molecule has 1 aliphatic heterocycles. The second-order valence-corrected chi connectivity index (χ2v) is 7.70. The number of carbonyl (C=O) groups is 2. The number of benzene rings is 1. The van der Waals surface area contributed by atoms with Gasteiger partial charge in [0.05, 0.1) is 12.5 Å². The van der Waals surface area contributed by atoms with Crippen LogP contribution in [0.15, 0.2) is 24.3 Å². The molecule has 2 amide bonds. The van der Waals surface area contributed by atoms with E-state index in [4.69, 9.17) is 5.73 Å². The molecule has 0 unspecified atom stereocenters. The van der Waals surface area contributed by atoms with E-state index in [0.29, 0.717) is 19.0 Å². The smallest absolute Gasteiger partial charge is 0.242 e. The van der Waals surface area contributed by atoms with E-state index in [1.165, 1.54) is 19.3 Å². The van der Waals surface area contributed by atoms with E-state index < -0.39 is 0 Å². The summed E-state index contributed by atoms with van der Waals surface area (Å²) in [5, 5.41) is 0. The van der Waals surface area contributed by atoms with Crippen LogP contribution in [0.2, 0.25) is 0 Å². The Morgan fingerprint density at radius 1 is 1.19 bits per heavy atom. The first-order valence-corrected chi connectivity index (χ1v) is 9.97. The first-order chi connectivity index (χ1) is 12.5. The summed E-state index contributed by atoms with van der Waals surface area (Å²) in [5.74, 6) is -0.362. The Hall–Kier alpha value is -2.04. The molecule has 2 N–H and O–H groups in total. The second kappa shape index (κ2) is 8.11. The van der Waals surface area contributed by atoms with Crippen molar-refractivity contribution < 1.29 is 9.59 Å². The van der Waals surface area contributed by atoms with Crippen molar-refractivity contribution >= 4 is 17.5 Å². The molecule has 1 aliphatic carbocycles. The van der Waals surface area contributed by atoms with Gasteiger partial charge >= 0.3 is 0 Å². The summed E-state index contributed by atoms with van der Waals surface area (Å²) in [6, 6.07) is 8.36. The van der Waals surface area contributed by atoms with Crippen LogP contribution in [0, 0.1) is 0 Å². The second-order valence-electron chi connectivity index (χ2n) is 7.70. The maximum absolute atomic E-state index is 13.1. The molecule has 2 aliphatic rings. The van der Waals surface area contributed by atoms with Gasteiger partial charge in [0.2, 0.25) is 11.8 Å². The number of likely N-dealkylation sites (N-methyl/N-ethyl adjacent to an activating group) is 1. The van der Waals surface area contributed by atoms with Gasteiger partial charge < -0.3 is 15.5 Å². The lowest BCUT2D eigenvalue weighted by atomic mass is 9.85. The van der Waals surface area contributed by atoms with Crippen molar-refractivity contribution in [1.29, 1.82) is 0 Å². The minimum absolute atomic E-state index is 0.108. The van der Waals surface area contributed by atoms with E-state index in [2.05, 4.69) is 23.6 Å². The highest BCUT2D eigenvalue weighted by Gasteiger charge is 2.35. The Kier molecular flexibility index (Phi) is 5.84. The van der Waals surface area contributed by atoms with Gasteiger partial charge in [-0.25, -0.2) is 0 Å². The van der Waals surface area contributed by atoms with E-state index in [1.807, 2.05) is 24.3 Å². The standard InChI is InChI=1S/C21H31N3O2/c1-3-23(16-9-5-4-6-10-16)20(25)14-24-15(2)13-18(21(22)26)17-11-7-8-12-19(17)24/h7-8,11-12,15-16,18H,3-6,9-10,13-14H2,1-2H3,(H2,22,26)/t15-,18+/m0/s1. The summed E-state index contributed by atoms with van der Waals surface area (Å²) in [7, 11) is 0. The van der Waals surface area contributed by atoms with Crippen LogP contribution in [0.25, 0.3) is 0 Å². The number of hydrogen-bond donors (Lipinski definition) is 1. The van der Waals surface area contributed by atoms with Crippen LogP contribution in [0.1, 0.15) is 63.9 Å². The molecule has 5 heteroatoms. The van der Waals surface area contributed by atoms with Crippen molar-refractivity contribution in [2.24, 2.45) is 5.73 Å². The Bertz CT molecular complexity index is 654. The average Bonchev–Trinajstić information content (AvgIpc) is 2.65. The molecule has 0 saturated heterocycles. The zero-order valence-electron chi connectivity index (χ0n) is 16.0. The Labute approximate surface area is 156 Å². The summed E-state index contributed by atoms with van der Waals surface area (Å²) in [6.45, 7) is 5.28. The van der Waals surface area contributed by atoms with Gasteiger partial charge in [0.1, 0.15) is 0 Å². The van der Waals surface area contributed by atoms with Gasteiger partial charge in [0, 0.05) is 24.3 Å². The quantitative estimate of drug-likeness (QED) is 0.881. The zero-order chi connectivity index (χ0) is 18.7. The highest BCUT2D eigenvalue weighted by Crippen LogP contribution is 2.38. The van der Waals surface area contributed by atoms with Crippen LogP contribution in [-0.2, 0) is 9.59 Å². The van der Waals surface area contributed by atoms with Gasteiger partial charge in [-0.3, -0.25) is 9.59 Å². The Morgan fingerprint density at radius 3 is 2.54 bits per heavy atom. The van der Waals surface area contributed by atoms with Crippen LogP contribution in [0.3, 0.4) is 0 Å². The molecule has 0 aromatic heterocycles. The molecule has 0 spiro atoms.